The first-order valence-corrected chi connectivity index (χ1v) is 4.25. The molecule has 0 fully saturated rings. The molecule has 1 aliphatic rings. The molecule has 0 saturated carbocycles. The Hall–Kier alpha value is -0.960. The van der Waals surface area contributed by atoms with Crippen molar-refractivity contribution in [3.05, 3.63) is 22.8 Å². The molecule has 1 aromatic heterocycles. The van der Waals surface area contributed by atoms with Gasteiger partial charge in [0.15, 0.2) is 0 Å². The van der Waals surface area contributed by atoms with Crippen molar-refractivity contribution >= 4 is 31.1 Å². The molecule has 2 nitrogen and oxygen atoms in total. The van der Waals surface area contributed by atoms with E-state index < -0.39 is 0 Å². The third-order valence-corrected chi connectivity index (χ3v) is 2.04. The maximum Gasteiger partial charge on any atom is 0.0655 e. The van der Waals surface area contributed by atoms with Gasteiger partial charge in [-0.2, -0.15) is 12.6 Å². The van der Waals surface area contributed by atoms with Gasteiger partial charge in [0.25, 0.3) is 0 Å². The van der Waals surface area contributed by atoms with E-state index in [1.807, 2.05) is 31.6 Å². The largest absolute Gasteiger partial charge is 0.361 e. The van der Waals surface area contributed by atoms with Crippen LogP contribution in [0, 0.1) is 0 Å². The summed E-state index contributed by atoms with van der Waals surface area (Å²) in [7, 11) is 0. The molecule has 3 heteroatoms. The van der Waals surface area contributed by atoms with Crippen molar-refractivity contribution in [2.24, 2.45) is 4.99 Å². The number of hydrogen-bond acceptors (Lipinski definition) is 2. The minimum absolute atomic E-state index is 0.257. The number of thiol groups is 1. The fraction of sp³-hybridized carbons (Fsp3) is 0.222. The summed E-state index contributed by atoms with van der Waals surface area (Å²) in [6, 6.07) is 2.00. The molecule has 0 radical (unpaired) electrons. The van der Waals surface area contributed by atoms with Crippen molar-refractivity contribution in [3.63, 3.8) is 0 Å². The maximum atomic E-state index is 4.44. The van der Waals surface area contributed by atoms with Gasteiger partial charge in [0.2, 0.25) is 0 Å². The summed E-state index contributed by atoms with van der Waals surface area (Å²) in [6.45, 7) is 2.00. The number of aromatic amines is 1. The first kappa shape index (κ1) is 7.68. The molecular formula is C9H10N2S. The van der Waals surface area contributed by atoms with Crippen molar-refractivity contribution in [1.82, 2.24) is 4.98 Å². The Labute approximate surface area is 76.1 Å². The van der Waals surface area contributed by atoms with Gasteiger partial charge < -0.3 is 4.98 Å². The van der Waals surface area contributed by atoms with Crippen LogP contribution in [0.1, 0.15) is 6.92 Å². The van der Waals surface area contributed by atoms with E-state index in [2.05, 4.69) is 28.7 Å². The van der Waals surface area contributed by atoms with Gasteiger partial charge in [0, 0.05) is 29.2 Å². The second-order valence-corrected chi connectivity index (χ2v) is 4.09. The molecule has 1 aromatic rings. The van der Waals surface area contributed by atoms with Crippen LogP contribution >= 0.6 is 12.6 Å². The summed E-state index contributed by atoms with van der Waals surface area (Å²) in [5.41, 5.74) is 0. The van der Waals surface area contributed by atoms with Crippen molar-refractivity contribution < 1.29 is 0 Å². The zero-order chi connectivity index (χ0) is 8.60. The topological polar surface area (TPSA) is 28.1 Å². The van der Waals surface area contributed by atoms with E-state index >= 15 is 0 Å². The molecular weight excluding hydrogens is 168 g/mol. The molecule has 0 aliphatic carbocycles. The van der Waals surface area contributed by atoms with E-state index in [0.717, 1.165) is 10.6 Å². The lowest BCUT2D eigenvalue weighted by atomic mass is 10.2. The Bertz CT molecular complexity index is 426. The number of H-pyrrole nitrogens is 1. The summed E-state index contributed by atoms with van der Waals surface area (Å²) in [6.07, 6.45) is 7.62. The van der Waals surface area contributed by atoms with Gasteiger partial charge in [-0.1, -0.05) is 0 Å². The van der Waals surface area contributed by atoms with E-state index in [1.54, 1.807) is 0 Å². The van der Waals surface area contributed by atoms with Gasteiger partial charge in [0.1, 0.15) is 0 Å². The summed E-state index contributed by atoms with van der Waals surface area (Å²) in [5.74, 6) is 0. The summed E-state index contributed by atoms with van der Waals surface area (Å²) in [5, 5.41) is 2.20. The number of nitrogens with one attached hydrogen (secondary N) is 1. The van der Waals surface area contributed by atoms with Crippen molar-refractivity contribution in [2.45, 2.75) is 11.7 Å². The molecule has 62 valence electrons. The SMILES string of the molecule is CC1(S)C=NC=c2cc[nH]c2=C1. The number of rotatable bonds is 0. The zero-order valence-corrected chi connectivity index (χ0v) is 7.68. The minimum Gasteiger partial charge on any atom is -0.361 e. The quantitative estimate of drug-likeness (QED) is 0.535. The Morgan fingerprint density at radius 2 is 2.42 bits per heavy atom. The predicted molar refractivity (Wildman–Crippen MR) is 54.9 cm³/mol. The first-order chi connectivity index (χ1) is 5.67. The third-order valence-electron chi connectivity index (χ3n) is 1.80. The van der Waals surface area contributed by atoms with E-state index in [-0.39, 0.29) is 4.75 Å². The highest BCUT2D eigenvalue weighted by Crippen LogP contribution is 2.12. The smallest absolute Gasteiger partial charge is 0.0655 e. The zero-order valence-electron chi connectivity index (χ0n) is 6.78. The Morgan fingerprint density at radius 3 is 3.25 bits per heavy atom. The van der Waals surface area contributed by atoms with Crippen LogP contribution in [0.2, 0.25) is 0 Å². The fourth-order valence-corrected chi connectivity index (χ4v) is 1.43. The molecule has 0 amide bonds. The highest BCUT2D eigenvalue weighted by Gasteiger charge is 2.12. The second kappa shape index (κ2) is 2.52. The van der Waals surface area contributed by atoms with Gasteiger partial charge in [-0.05, 0) is 19.1 Å². The van der Waals surface area contributed by atoms with Gasteiger partial charge in [-0.15, -0.1) is 0 Å². The molecule has 2 rings (SSSR count). The molecule has 1 N–H and O–H groups in total. The number of aliphatic imine (C=N–C) groups is 1. The van der Waals surface area contributed by atoms with Crippen LogP contribution in [0.4, 0.5) is 0 Å². The van der Waals surface area contributed by atoms with E-state index in [4.69, 9.17) is 0 Å². The van der Waals surface area contributed by atoms with E-state index in [0.29, 0.717) is 0 Å². The molecule has 0 aromatic carbocycles. The highest BCUT2D eigenvalue weighted by atomic mass is 32.1. The van der Waals surface area contributed by atoms with Crippen LogP contribution in [-0.4, -0.2) is 15.9 Å². The molecule has 1 aliphatic heterocycles. The number of fused-ring (bicyclic) bond motifs is 1. The van der Waals surface area contributed by atoms with Crippen LogP contribution < -0.4 is 10.6 Å². The Kier molecular flexibility index (Phi) is 1.61. The highest BCUT2D eigenvalue weighted by molar-refractivity contribution is 7.83. The average Bonchev–Trinajstić information content (AvgIpc) is 2.31. The van der Waals surface area contributed by atoms with Crippen molar-refractivity contribution in [3.8, 4) is 0 Å². The van der Waals surface area contributed by atoms with E-state index in [1.165, 1.54) is 0 Å². The Balaban J connectivity index is 2.75. The lowest BCUT2D eigenvalue weighted by Crippen LogP contribution is -2.26. The van der Waals surface area contributed by atoms with Crippen molar-refractivity contribution in [1.29, 1.82) is 0 Å². The van der Waals surface area contributed by atoms with Crippen LogP contribution in [0.25, 0.3) is 12.3 Å². The normalized spacial score (nSPS) is 26.8. The predicted octanol–water partition coefficient (Wildman–Crippen LogP) is 0.306. The van der Waals surface area contributed by atoms with Crippen LogP contribution in [0.5, 0.6) is 0 Å². The van der Waals surface area contributed by atoms with Gasteiger partial charge >= 0.3 is 0 Å². The van der Waals surface area contributed by atoms with Gasteiger partial charge in [-0.3, -0.25) is 4.99 Å². The van der Waals surface area contributed by atoms with Crippen LogP contribution in [0.15, 0.2) is 17.3 Å². The summed E-state index contributed by atoms with van der Waals surface area (Å²) < 4.78 is -0.257. The fourth-order valence-electron chi connectivity index (χ4n) is 1.23. The lowest BCUT2D eigenvalue weighted by Gasteiger charge is -2.09. The molecule has 12 heavy (non-hydrogen) atoms. The van der Waals surface area contributed by atoms with Gasteiger partial charge in [0.05, 0.1) is 4.75 Å². The number of aromatic nitrogens is 1. The monoisotopic (exact) mass is 178 g/mol. The van der Waals surface area contributed by atoms with Crippen LogP contribution in [0.3, 0.4) is 0 Å². The molecule has 0 bridgehead atoms. The van der Waals surface area contributed by atoms with Crippen LogP contribution in [-0.2, 0) is 0 Å². The number of nitrogens with zero attached hydrogens (tertiary/aromatic N) is 1. The first-order valence-electron chi connectivity index (χ1n) is 3.81. The van der Waals surface area contributed by atoms with Crippen molar-refractivity contribution in [2.75, 3.05) is 0 Å². The van der Waals surface area contributed by atoms with Gasteiger partial charge in [-0.25, -0.2) is 0 Å². The average molecular weight is 178 g/mol. The molecule has 1 atom stereocenters. The lowest BCUT2D eigenvalue weighted by molar-refractivity contribution is 1.15. The summed E-state index contributed by atoms with van der Waals surface area (Å²) >= 11 is 4.44. The summed E-state index contributed by atoms with van der Waals surface area (Å²) in [4.78, 5) is 7.30. The molecule has 0 saturated heterocycles. The number of hydrogen-bond donors (Lipinski definition) is 2. The maximum absolute atomic E-state index is 4.44. The van der Waals surface area contributed by atoms with E-state index in [9.17, 15) is 0 Å². The third kappa shape index (κ3) is 1.32. The standard InChI is InChI=1S/C9H10N2S/c1-9(12)4-8-7(2-3-11-8)5-10-6-9/h2-6,11-12H,1H3. The Morgan fingerprint density at radius 1 is 1.58 bits per heavy atom. The second-order valence-electron chi connectivity index (χ2n) is 3.12. The molecule has 1 unspecified atom stereocenters. The molecule has 0 spiro atoms. The minimum atomic E-state index is -0.257. The molecule has 2 heterocycles.